The molecule has 2 N–H and O–H groups in total. The van der Waals surface area contributed by atoms with Gasteiger partial charge in [0.05, 0.1) is 23.6 Å². The maximum atomic E-state index is 11.8. The van der Waals surface area contributed by atoms with Crippen LogP contribution in [0, 0.1) is 0 Å². The van der Waals surface area contributed by atoms with Gasteiger partial charge in [-0.1, -0.05) is 48.0 Å². The number of nitrogens with one attached hydrogen (secondary N) is 2. The van der Waals surface area contributed by atoms with Gasteiger partial charge in [-0.2, -0.15) is 0 Å². The zero-order valence-electron chi connectivity index (χ0n) is 22.1. The lowest BCUT2D eigenvalue weighted by molar-refractivity contribution is -0.114. The van der Waals surface area contributed by atoms with Crippen LogP contribution in [0.15, 0.2) is 102 Å². The molecule has 6 aromatic rings. The van der Waals surface area contributed by atoms with Crippen LogP contribution < -0.4 is 10.9 Å². The number of halogens is 1. The smallest absolute Gasteiger partial charge is 0.221 e. The molecule has 0 radical (unpaired) electrons. The molecular weight excluding hydrogens is 518 g/mol. The normalized spacial score (nSPS) is 13.8. The molecule has 0 spiro atoms. The first kappa shape index (κ1) is 24.5. The summed E-state index contributed by atoms with van der Waals surface area (Å²) in [6.07, 6.45) is 4.24. The van der Waals surface area contributed by atoms with Crippen molar-refractivity contribution in [3.8, 4) is 16.8 Å². The lowest BCUT2D eigenvalue weighted by Gasteiger charge is -2.12. The fourth-order valence-corrected chi connectivity index (χ4v) is 5.60. The third-order valence-corrected chi connectivity index (χ3v) is 7.68. The molecule has 7 heteroatoms. The number of aromatic amines is 1. The number of imidazole rings is 1. The molecule has 6 nitrogen and oxygen atoms in total. The van der Waals surface area contributed by atoms with E-state index in [4.69, 9.17) is 16.6 Å². The number of rotatable bonds is 6. The molecule has 4 aromatic carbocycles. The predicted octanol–water partition coefficient (Wildman–Crippen LogP) is 7.30. The van der Waals surface area contributed by atoms with Gasteiger partial charge < -0.3 is 14.9 Å². The van der Waals surface area contributed by atoms with Gasteiger partial charge in [0.25, 0.3) is 0 Å². The number of benzene rings is 4. The summed E-state index contributed by atoms with van der Waals surface area (Å²) in [7, 11) is 0. The highest BCUT2D eigenvalue weighted by atomic mass is 35.5. The van der Waals surface area contributed by atoms with Crippen molar-refractivity contribution in [1.82, 2.24) is 14.1 Å². The second-order valence-corrected chi connectivity index (χ2v) is 10.8. The quantitative estimate of drug-likeness (QED) is 0.226. The van der Waals surface area contributed by atoms with E-state index in [9.17, 15) is 4.79 Å². The summed E-state index contributed by atoms with van der Waals surface area (Å²) in [5.74, 6) is -0.120. The van der Waals surface area contributed by atoms with E-state index in [1.165, 1.54) is 17.9 Å². The van der Waals surface area contributed by atoms with Crippen molar-refractivity contribution in [2.45, 2.75) is 32.4 Å². The third kappa shape index (κ3) is 4.50. The summed E-state index contributed by atoms with van der Waals surface area (Å²) in [4.78, 5) is 20.4. The van der Waals surface area contributed by atoms with Crippen molar-refractivity contribution >= 4 is 45.1 Å². The number of carbonyl (C=O) groups is 1. The van der Waals surface area contributed by atoms with Gasteiger partial charge in [-0.05, 0) is 78.6 Å². The molecular formula is C33H28ClN5O. The molecule has 1 aliphatic rings. The molecule has 1 aliphatic carbocycles. The van der Waals surface area contributed by atoms with Gasteiger partial charge in [-0.15, -0.1) is 0 Å². The molecule has 0 bridgehead atoms. The highest BCUT2D eigenvalue weighted by Crippen LogP contribution is 2.32. The van der Waals surface area contributed by atoms with Crippen molar-refractivity contribution in [3.05, 3.63) is 113 Å². The number of fused-ring (bicyclic) bond motifs is 2. The molecule has 0 saturated heterocycles. The summed E-state index contributed by atoms with van der Waals surface area (Å²) in [5, 5.41) is 4.77. The summed E-state index contributed by atoms with van der Waals surface area (Å²) in [6, 6.07) is 31.3. The van der Waals surface area contributed by atoms with E-state index in [0.717, 1.165) is 64.1 Å². The summed E-state index contributed by atoms with van der Waals surface area (Å²) in [5.41, 5.74) is 9.20. The van der Waals surface area contributed by atoms with Crippen LogP contribution in [0.2, 0.25) is 5.02 Å². The zero-order valence-corrected chi connectivity index (χ0v) is 22.8. The Morgan fingerprint density at radius 2 is 1.77 bits per heavy atom. The van der Waals surface area contributed by atoms with Crippen LogP contribution >= 0.6 is 11.6 Å². The van der Waals surface area contributed by atoms with Crippen molar-refractivity contribution in [1.29, 1.82) is 0 Å². The number of nitrogens with zero attached hydrogens (tertiary/aromatic N) is 3. The second-order valence-electron chi connectivity index (χ2n) is 10.3. The fourth-order valence-electron chi connectivity index (χ4n) is 5.43. The van der Waals surface area contributed by atoms with Crippen LogP contribution in [0.1, 0.15) is 25.3 Å². The molecule has 7 rings (SSSR count). The first-order chi connectivity index (χ1) is 19.5. The Morgan fingerprint density at radius 3 is 2.55 bits per heavy atom. The van der Waals surface area contributed by atoms with Crippen molar-refractivity contribution in [2.24, 2.45) is 4.99 Å². The molecule has 1 fully saturated rings. The van der Waals surface area contributed by atoms with Crippen LogP contribution in [0.3, 0.4) is 0 Å². The predicted molar refractivity (Wildman–Crippen MR) is 162 cm³/mol. The maximum absolute atomic E-state index is 11.8. The zero-order chi connectivity index (χ0) is 27.2. The molecule has 1 amide bonds. The van der Waals surface area contributed by atoms with Gasteiger partial charge in [0, 0.05) is 46.0 Å². The Bertz CT molecular complexity index is 1960. The van der Waals surface area contributed by atoms with E-state index in [1.807, 2.05) is 18.3 Å². The largest absolute Gasteiger partial charge is 0.361 e. The Morgan fingerprint density at radius 1 is 0.975 bits per heavy atom. The minimum Gasteiger partial charge on any atom is -0.361 e. The lowest BCUT2D eigenvalue weighted by Crippen LogP contribution is -2.26. The summed E-state index contributed by atoms with van der Waals surface area (Å²) >= 11 is 6.34. The Labute approximate surface area is 236 Å². The number of hydrogen-bond donors (Lipinski definition) is 2. The number of para-hydroxylation sites is 2. The summed E-state index contributed by atoms with van der Waals surface area (Å²) in [6.45, 7) is 2.23. The topological polar surface area (TPSA) is 67.1 Å². The number of hydrogen-bond acceptors (Lipinski definition) is 2. The van der Waals surface area contributed by atoms with Gasteiger partial charge in [0.1, 0.15) is 0 Å². The number of H-pyrrole nitrogens is 1. The molecule has 0 atom stereocenters. The second kappa shape index (κ2) is 9.88. The number of amides is 1. The van der Waals surface area contributed by atoms with Crippen LogP contribution in [0.5, 0.6) is 0 Å². The first-order valence-electron chi connectivity index (χ1n) is 13.5. The highest BCUT2D eigenvalue weighted by Gasteiger charge is 2.23. The maximum Gasteiger partial charge on any atom is 0.221 e. The van der Waals surface area contributed by atoms with Crippen LogP contribution in [0.4, 0.5) is 5.69 Å². The molecule has 0 unspecified atom stereocenters. The van der Waals surface area contributed by atoms with Gasteiger partial charge in [0.15, 0.2) is 0 Å². The SMILES string of the molecule is CC(=O)Nc1ccc(Cl)cc1-c1ccc(-n2/c(=N/C3CC3)n(Cc3cccc4[nH]ccc34)c3ccccc32)cc1. The van der Waals surface area contributed by atoms with Gasteiger partial charge in [0.2, 0.25) is 11.5 Å². The molecule has 1 saturated carbocycles. The number of anilines is 1. The Hall–Kier alpha value is -4.55. The van der Waals surface area contributed by atoms with E-state index < -0.39 is 0 Å². The van der Waals surface area contributed by atoms with Crippen LogP contribution in [-0.4, -0.2) is 26.1 Å². The van der Waals surface area contributed by atoms with E-state index >= 15 is 0 Å². The van der Waals surface area contributed by atoms with Crippen molar-refractivity contribution in [2.75, 3.05) is 5.32 Å². The Balaban J connectivity index is 1.38. The standard InChI is InChI=1S/C33H28ClN5O/c1-21(40)36-30-16-11-24(34)19-28(30)22-9-14-26(15-10-22)39-32-8-3-2-7-31(32)38(33(39)37-25-12-13-25)20-23-5-4-6-29-27(23)17-18-35-29/h2-11,14-19,25,35H,12-13,20H2,1H3,(H,36,40)/b37-33+. The van der Waals surface area contributed by atoms with E-state index in [-0.39, 0.29) is 5.91 Å². The van der Waals surface area contributed by atoms with E-state index in [1.54, 1.807) is 6.07 Å². The highest BCUT2D eigenvalue weighted by molar-refractivity contribution is 6.31. The van der Waals surface area contributed by atoms with Gasteiger partial charge >= 0.3 is 0 Å². The minimum atomic E-state index is -0.120. The number of aromatic nitrogens is 3. The minimum absolute atomic E-state index is 0.120. The average molecular weight is 546 g/mol. The third-order valence-electron chi connectivity index (χ3n) is 7.44. The molecule has 0 aliphatic heterocycles. The first-order valence-corrected chi connectivity index (χ1v) is 13.9. The van der Waals surface area contributed by atoms with Crippen LogP contribution in [-0.2, 0) is 11.3 Å². The van der Waals surface area contributed by atoms with Gasteiger partial charge in [-0.25, -0.2) is 4.99 Å². The van der Waals surface area contributed by atoms with Gasteiger partial charge in [-0.3, -0.25) is 9.36 Å². The van der Waals surface area contributed by atoms with Crippen LogP contribution in [0.25, 0.3) is 38.8 Å². The van der Waals surface area contributed by atoms with Crippen molar-refractivity contribution in [3.63, 3.8) is 0 Å². The number of carbonyl (C=O) groups excluding carboxylic acids is 1. The molecule has 40 heavy (non-hydrogen) atoms. The average Bonchev–Trinajstić information content (AvgIpc) is 3.55. The fraction of sp³-hybridized carbons (Fsp3) is 0.152. The summed E-state index contributed by atoms with van der Waals surface area (Å²) < 4.78 is 4.61. The molecule has 2 heterocycles. The Kier molecular flexibility index (Phi) is 6.05. The van der Waals surface area contributed by atoms with E-state index in [2.05, 4.69) is 92.2 Å². The van der Waals surface area contributed by atoms with Crippen molar-refractivity contribution < 1.29 is 4.79 Å². The van der Waals surface area contributed by atoms with E-state index in [0.29, 0.717) is 11.1 Å². The molecule has 2 aromatic heterocycles. The lowest BCUT2D eigenvalue weighted by atomic mass is 10.0. The monoisotopic (exact) mass is 545 g/mol. The molecule has 198 valence electrons.